The Morgan fingerprint density at radius 1 is 1.00 bits per heavy atom. The van der Waals surface area contributed by atoms with Crippen LogP contribution in [0.5, 0.6) is 5.75 Å². The lowest BCUT2D eigenvalue weighted by Gasteiger charge is -2.33. The van der Waals surface area contributed by atoms with Gasteiger partial charge in [-0.15, -0.1) is 0 Å². The number of nitrogens with one attached hydrogen (secondary N) is 1. The van der Waals surface area contributed by atoms with Crippen LogP contribution in [0.2, 0.25) is 0 Å². The van der Waals surface area contributed by atoms with Crippen molar-refractivity contribution >= 4 is 5.69 Å². The zero-order chi connectivity index (χ0) is 12.4. The van der Waals surface area contributed by atoms with E-state index < -0.39 is 11.3 Å². The third-order valence-corrected chi connectivity index (χ3v) is 4.15. The van der Waals surface area contributed by atoms with Gasteiger partial charge in [0, 0.05) is 16.8 Å². The molecule has 2 atom stereocenters. The average molecular weight is 238 g/mol. The molecule has 2 aliphatic rings. The van der Waals surface area contributed by atoms with E-state index in [4.69, 9.17) is 10.5 Å². The fourth-order valence-corrected chi connectivity index (χ4v) is 3.11. The van der Waals surface area contributed by atoms with Crippen molar-refractivity contribution in [1.82, 2.24) is 0 Å². The van der Waals surface area contributed by atoms with Gasteiger partial charge in [-0.05, 0) is 19.1 Å². The molecule has 0 aromatic heterocycles. The summed E-state index contributed by atoms with van der Waals surface area (Å²) in [6, 6.07) is 16.1. The topological polar surface area (TPSA) is 47.3 Å². The molecule has 3 N–H and O–H groups in total. The summed E-state index contributed by atoms with van der Waals surface area (Å²) in [6.07, 6.45) is 0. The van der Waals surface area contributed by atoms with E-state index in [0.717, 1.165) is 22.6 Å². The van der Waals surface area contributed by atoms with Gasteiger partial charge in [0.25, 0.3) is 0 Å². The molecule has 0 unspecified atom stereocenters. The SMILES string of the molecule is C[C@@]12Oc3ccccc3[C@]1(N)Nc1ccccc12. The summed E-state index contributed by atoms with van der Waals surface area (Å²) in [7, 11) is 0. The van der Waals surface area contributed by atoms with E-state index in [1.54, 1.807) is 0 Å². The molecule has 3 heteroatoms. The molecule has 2 heterocycles. The highest BCUT2D eigenvalue weighted by Gasteiger charge is 2.61. The van der Waals surface area contributed by atoms with Crippen LogP contribution in [0.1, 0.15) is 18.1 Å². The first-order valence-electron chi connectivity index (χ1n) is 6.10. The van der Waals surface area contributed by atoms with Gasteiger partial charge in [-0.25, -0.2) is 0 Å². The molecule has 3 nitrogen and oxygen atoms in total. The van der Waals surface area contributed by atoms with Gasteiger partial charge in [-0.3, -0.25) is 0 Å². The van der Waals surface area contributed by atoms with Gasteiger partial charge in [0.15, 0.2) is 11.3 Å². The molecule has 0 saturated carbocycles. The molecule has 4 rings (SSSR count). The quantitative estimate of drug-likeness (QED) is 0.741. The van der Waals surface area contributed by atoms with Crippen molar-refractivity contribution in [3.05, 3.63) is 59.7 Å². The predicted molar refractivity (Wildman–Crippen MR) is 70.4 cm³/mol. The van der Waals surface area contributed by atoms with Gasteiger partial charge >= 0.3 is 0 Å². The average Bonchev–Trinajstić information content (AvgIpc) is 2.73. The van der Waals surface area contributed by atoms with Crippen molar-refractivity contribution in [2.75, 3.05) is 5.32 Å². The Kier molecular flexibility index (Phi) is 1.59. The van der Waals surface area contributed by atoms with E-state index in [0.29, 0.717) is 0 Å². The Bertz CT molecular complexity index is 597. The standard InChI is InChI=1S/C15H14N2O/c1-14-10-6-2-4-8-12(10)17-15(14,16)11-7-3-5-9-13(11)18-14/h2-9,17H,16H2,1H3/t14-,15-/m0/s1. The molecule has 2 aromatic carbocycles. The van der Waals surface area contributed by atoms with Crippen LogP contribution in [0.25, 0.3) is 0 Å². The Morgan fingerprint density at radius 3 is 2.50 bits per heavy atom. The monoisotopic (exact) mass is 238 g/mol. The first kappa shape index (κ1) is 9.97. The molecular weight excluding hydrogens is 224 g/mol. The van der Waals surface area contributed by atoms with Crippen molar-refractivity contribution in [2.45, 2.75) is 18.2 Å². The first-order valence-corrected chi connectivity index (χ1v) is 6.10. The Morgan fingerprint density at radius 2 is 1.67 bits per heavy atom. The summed E-state index contributed by atoms with van der Waals surface area (Å²) in [4.78, 5) is 0. The minimum atomic E-state index is -0.687. The Labute approximate surface area is 106 Å². The van der Waals surface area contributed by atoms with Crippen LogP contribution in [0.3, 0.4) is 0 Å². The maximum atomic E-state index is 6.62. The smallest absolute Gasteiger partial charge is 0.174 e. The maximum absolute atomic E-state index is 6.62. The maximum Gasteiger partial charge on any atom is 0.174 e. The van der Waals surface area contributed by atoms with Gasteiger partial charge in [0.05, 0.1) is 0 Å². The van der Waals surface area contributed by atoms with Crippen molar-refractivity contribution in [3.8, 4) is 5.75 Å². The highest BCUT2D eigenvalue weighted by atomic mass is 16.5. The van der Waals surface area contributed by atoms with Gasteiger partial charge in [-0.1, -0.05) is 36.4 Å². The summed E-state index contributed by atoms with van der Waals surface area (Å²) in [5.41, 5.74) is 8.57. The summed E-state index contributed by atoms with van der Waals surface area (Å²) in [6.45, 7) is 2.05. The molecule has 0 amide bonds. The largest absolute Gasteiger partial charge is 0.478 e. The number of benzene rings is 2. The van der Waals surface area contributed by atoms with E-state index in [1.165, 1.54) is 0 Å². The second-order valence-electron chi connectivity index (χ2n) is 5.11. The minimum absolute atomic E-state index is 0.548. The van der Waals surface area contributed by atoms with Crippen molar-refractivity contribution < 1.29 is 4.74 Å². The predicted octanol–water partition coefficient (Wildman–Crippen LogP) is 2.53. The van der Waals surface area contributed by atoms with Crippen molar-refractivity contribution in [1.29, 1.82) is 0 Å². The summed E-state index contributed by atoms with van der Waals surface area (Å²) in [5, 5.41) is 3.42. The second-order valence-corrected chi connectivity index (χ2v) is 5.11. The second kappa shape index (κ2) is 2.87. The molecule has 0 bridgehead atoms. The van der Waals surface area contributed by atoms with Crippen LogP contribution >= 0.6 is 0 Å². The van der Waals surface area contributed by atoms with E-state index in [-0.39, 0.29) is 0 Å². The number of hydrogen-bond donors (Lipinski definition) is 2. The van der Waals surface area contributed by atoms with Crippen LogP contribution in [-0.4, -0.2) is 0 Å². The third kappa shape index (κ3) is 0.910. The fourth-order valence-electron chi connectivity index (χ4n) is 3.11. The highest BCUT2D eigenvalue weighted by Crippen LogP contribution is 2.57. The van der Waals surface area contributed by atoms with E-state index >= 15 is 0 Å². The van der Waals surface area contributed by atoms with Crippen LogP contribution in [0.4, 0.5) is 5.69 Å². The molecule has 90 valence electrons. The van der Waals surface area contributed by atoms with Gasteiger partial charge < -0.3 is 15.8 Å². The summed E-state index contributed by atoms with van der Waals surface area (Å²) in [5.74, 6) is 0.865. The van der Waals surface area contributed by atoms with Crippen LogP contribution < -0.4 is 15.8 Å². The number of fused-ring (bicyclic) bond motifs is 5. The summed E-state index contributed by atoms with van der Waals surface area (Å²) < 4.78 is 6.16. The molecule has 0 fully saturated rings. The lowest BCUT2D eigenvalue weighted by atomic mass is 9.84. The zero-order valence-corrected chi connectivity index (χ0v) is 10.1. The molecule has 0 spiro atoms. The summed E-state index contributed by atoms with van der Waals surface area (Å²) >= 11 is 0. The van der Waals surface area contributed by atoms with Gasteiger partial charge in [-0.2, -0.15) is 0 Å². The van der Waals surface area contributed by atoms with Crippen molar-refractivity contribution in [3.63, 3.8) is 0 Å². The number of hydrogen-bond acceptors (Lipinski definition) is 3. The van der Waals surface area contributed by atoms with Gasteiger partial charge in [0.1, 0.15) is 5.75 Å². The third-order valence-electron chi connectivity index (χ3n) is 4.15. The molecule has 0 saturated heterocycles. The van der Waals surface area contributed by atoms with Crippen LogP contribution in [0, 0.1) is 0 Å². The van der Waals surface area contributed by atoms with E-state index in [1.807, 2.05) is 49.4 Å². The van der Waals surface area contributed by atoms with E-state index in [9.17, 15) is 0 Å². The lowest BCUT2D eigenvalue weighted by molar-refractivity contribution is 0.0579. The molecule has 2 aliphatic heterocycles. The zero-order valence-electron chi connectivity index (χ0n) is 10.1. The number of para-hydroxylation sites is 2. The number of nitrogens with two attached hydrogens (primary N) is 1. The van der Waals surface area contributed by atoms with E-state index in [2.05, 4.69) is 11.4 Å². The number of ether oxygens (including phenoxy) is 1. The minimum Gasteiger partial charge on any atom is -0.478 e. The Hall–Kier alpha value is -2.00. The highest BCUT2D eigenvalue weighted by molar-refractivity contribution is 5.68. The van der Waals surface area contributed by atoms with Crippen LogP contribution in [0.15, 0.2) is 48.5 Å². The molecule has 0 aliphatic carbocycles. The normalized spacial score (nSPS) is 31.0. The molecule has 2 aromatic rings. The Balaban J connectivity index is 2.00. The molecular formula is C15H14N2O. The lowest BCUT2D eigenvalue weighted by Crippen LogP contribution is -2.54. The number of rotatable bonds is 0. The van der Waals surface area contributed by atoms with Crippen molar-refractivity contribution in [2.24, 2.45) is 5.73 Å². The van der Waals surface area contributed by atoms with Gasteiger partial charge in [0.2, 0.25) is 0 Å². The molecule has 0 radical (unpaired) electrons. The fraction of sp³-hybridized carbons (Fsp3) is 0.200. The molecule has 18 heavy (non-hydrogen) atoms. The number of anilines is 1. The van der Waals surface area contributed by atoms with Crippen LogP contribution in [-0.2, 0) is 11.3 Å². The first-order chi connectivity index (χ1) is 8.65.